The molecule has 1 amide bonds. The number of anilines is 1. The summed E-state index contributed by atoms with van der Waals surface area (Å²) in [6.45, 7) is 2.65. The van der Waals surface area contributed by atoms with Crippen molar-refractivity contribution in [1.82, 2.24) is 19.9 Å². The summed E-state index contributed by atoms with van der Waals surface area (Å²) in [6, 6.07) is 7.76. The van der Waals surface area contributed by atoms with E-state index in [2.05, 4.69) is 20.7 Å². The van der Waals surface area contributed by atoms with E-state index in [0.29, 0.717) is 35.4 Å². The first-order chi connectivity index (χ1) is 13.6. The molecular formula is C20H22ClN5O2. The van der Waals surface area contributed by atoms with Gasteiger partial charge in [0.25, 0.3) is 5.91 Å². The van der Waals surface area contributed by atoms with Crippen LogP contribution in [0.4, 0.5) is 5.69 Å². The molecule has 1 aromatic carbocycles. The number of hydrogen-bond donors (Lipinski definition) is 3. The van der Waals surface area contributed by atoms with Crippen LogP contribution in [-0.2, 0) is 0 Å². The minimum absolute atomic E-state index is 0.0266. The smallest absolute Gasteiger partial charge is 0.251 e. The normalized spacial score (nSPS) is 13.7. The van der Waals surface area contributed by atoms with E-state index < -0.39 is 0 Å². The average molecular weight is 400 g/mol. The first kappa shape index (κ1) is 18.7. The summed E-state index contributed by atoms with van der Waals surface area (Å²) in [6.07, 6.45) is 4.50. The van der Waals surface area contributed by atoms with Gasteiger partial charge in [-0.25, -0.2) is 9.50 Å². The highest BCUT2D eigenvalue weighted by Crippen LogP contribution is 2.27. The number of aryl methyl sites for hydroxylation is 1. The molecule has 0 radical (unpaired) electrons. The summed E-state index contributed by atoms with van der Waals surface area (Å²) < 4.78 is 1.70. The molecule has 3 N–H and O–H groups in total. The van der Waals surface area contributed by atoms with Crippen LogP contribution in [0.15, 0.2) is 30.5 Å². The maximum atomic E-state index is 12.4. The highest BCUT2D eigenvalue weighted by atomic mass is 35.5. The Morgan fingerprint density at radius 3 is 2.89 bits per heavy atom. The lowest BCUT2D eigenvalue weighted by atomic mass is 10.0. The highest BCUT2D eigenvalue weighted by Gasteiger charge is 2.24. The molecule has 2 heterocycles. The zero-order valence-corrected chi connectivity index (χ0v) is 16.3. The molecule has 1 saturated carbocycles. The first-order valence-corrected chi connectivity index (χ1v) is 9.75. The SMILES string of the molecule is Cc1cc(-c2cnc3c(NCCCO)cc(Cl)nn23)ccc1C(=O)NC1CC1. The summed E-state index contributed by atoms with van der Waals surface area (Å²) >= 11 is 6.20. The number of carbonyl (C=O) groups is 1. The summed E-state index contributed by atoms with van der Waals surface area (Å²) in [5, 5.41) is 20.0. The third-order valence-corrected chi connectivity index (χ3v) is 4.95. The number of nitrogens with one attached hydrogen (secondary N) is 2. The number of carbonyl (C=O) groups excluding carboxylic acids is 1. The van der Waals surface area contributed by atoms with Gasteiger partial charge in [0.1, 0.15) is 0 Å². The molecule has 0 atom stereocenters. The number of imidazole rings is 1. The lowest BCUT2D eigenvalue weighted by Crippen LogP contribution is -2.26. The number of aromatic nitrogens is 3. The molecule has 4 rings (SSSR count). The number of aliphatic hydroxyl groups excluding tert-OH is 1. The monoisotopic (exact) mass is 399 g/mol. The maximum absolute atomic E-state index is 12.4. The number of nitrogens with zero attached hydrogens (tertiary/aromatic N) is 3. The number of halogens is 1. The average Bonchev–Trinajstić information content (AvgIpc) is 3.37. The molecule has 0 aliphatic heterocycles. The van der Waals surface area contributed by atoms with Gasteiger partial charge in [0, 0.05) is 36.4 Å². The lowest BCUT2D eigenvalue weighted by molar-refractivity contribution is 0.0950. The molecule has 0 spiro atoms. The van der Waals surface area contributed by atoms with Crippen LogP contribution in [0.25, 0.3) is 16.9 Å². The fourth-order valence-corrected chi connectivity index (χ4v) is 3.32. The summed E-state index contributed by atoms with van der Waals surface area (Å²) in [5.41, 5.74) is 4.70. The van der Waals surface area contributed by atoms with Crippen molar-refractivity contribution in [2.75, 3.05) is 18.5 Å². The van der Waals surface area contributed by atoms with Crippen molar-refractivity contribution in [2.24, 2.45) is 0 Å². The van der Waals surface area contributed by atoms with Crippen LogP contribution < -0.4 is 10.6 Å². The molecule has 1 aliphatic rings. The Morgan fingerprint density at radius 1 is 1.36 bits per heavy atom. The van der Waals surface area contributed by atoms with Crippen LogP contribution in [0.1, 0.15) is 35.2 Å². The minimum Gasteiger partial charge on any atom is -0.396 e. The van der Waals surface area contributed by atoms with E-state index in [1.54, 1.807) is 16.8 Å². The van der Waals surface area contributed by atoms with Crippen molar-refractivity contribution in [3.05, 3.63) is 46.7 Å². The highest BCUT2D eigenvalue weighted by molar-refractivity contribution is 6.29. The number of fused-ring (bicyclic) bond motifs is 1. The predicted octanol–water partition coefficient (Wildman–Crippen LogP) is 3.04. The van der Waals surface area contributed by atoms with Crippen LogP contribution in [0.2, 0.25) is 5.15 Å². The van der Waals surface area contributed by atoms with E-state index >= 15 is 0 Å². The van der Waals surface area contributed by atoms with E-state index in [0.717, 1.165) is 35.3 Å². The third kappa shape index (κ3) is 3.81. The summed E-state index contributed by atoms with van der Waals surface area (Å²) in [4.78, 5) is 16.8. The Kier molecular flexibility index (Phi) is 5.19. The molecule has 3 aromatic rings. The number of hydrogen-bond acceptors (Lipinski definition) is 5. The van der Waals surface area contributed by atoms with E-state index in [-0.39, 0.29) is 12.5 Å². The second-order valence-corrected chi connectivity index (χ2v) is 7.43. The molecule has 0 bridgehead atoms. The predicted molar refractivity (Wildman–Crippen MR) is 109 cm³/mol. The van der Waals surface area contributed by atoms with Gasteiger partial charge >= 0.3 is 0 Å². The molecule has 146 valence electrons. The molecule has 1 aliphatic carbocycles. The second kappa shape index (κ2) is 7.77. The molecule has 0 unspecified atom stereocenters. The second-order valence-electron chi connectivity index (χ2n) is 7.04. The standard InChI is InChI=1S/C20H22ClN5O2/c1-12-9-13(3-6-15(12)20(28)24-14-4-5-14)17-11-23-19-16(22-7-2-8-27)10-18(21)25-26(17)19/h3,6,9-11,14,22,27H,2,4-5,7-8H2,1H3,(H,24,28). The lowest BCUT2D eigenvalue weighted by Gasteiger charge is -2.10. The van der Waals surface area contributed by atoms with E-state index in [1.807, 2.05) is 25.1 Å². The van der Waals surface area contributed by atoms with E-state index in [9.17, 15) is 4.79 Å². The zero-order chi connectivity index (χ0) is 19.7. The Bertz CT molecular complexity index is 1030. The Labute approximate surface area is 167 Å². The fraction of sp³-hybridized carbons (Fsp3) is 0.350. The van der Waals surface area contributed by atoms with Crippen LogP contribution in [0.5, 0.6) is 0 Å². The van der Waals surface area contributed by atoms with Gasteiger partial charge in [0.05, 0.1) is 17.6 Å². The zero-order valence-electron chi connectivity index (χ0n) is 15.6. The van der Waals surface area contributed by atoms with Crippen molar-refractivity contribution in [2.45, 2.75) is 32.2 Å². The van der Waals surface area contributed by atoms with Gasteiger partial charge in [-0.2, -0.15) is 5.10 Å². The number of amides is 1. The van der Waals surface area contributed by atoms with Crippen LogP contribution in [-0.4, -0.2) is 44.8 Å². The van der Waals surface area contributed by atoms with Gasteiger partial charge in [0.15, 0.2) is 10.8 Å². The Hall–Kier alpha value is -2.64. The van der Waals surface area contributed by atoms with Gasteiger partial charge in [-0.1, -0.05) is 17.7 Å². The Balaban J connectivity index is 1.67. The molecule has 28 heavy (non-hydrogen) atoms. The van der Waals surface area contributed by atoms with Gasteiger partial charge in [0.2, 0.25) is 0 Å². The largest absolute Gasteiger partial charge is 0.396 e. The van der Waals surface area contributed by atoms with Gasteiger partial charge < -0.3 is 15.7 Å². The molecular weight excluding hydrogens is 378 g/mol. The molecule has 2 aromatic heterocycles. The van der Waals surface area contributed by atoms with Crippen molar-refractivity contribution in [3.63, 3.8) is 0 Å². The maximum Gasteiger partial charge on any atom is 0.251 e. The Morgan fingerprint density at radius 2 is 2.18 bits per heavy atom. The van der Waals surface area contributed by atoms with Gasteiger partial charge in [-0.3, -0.25) is 4.79 Å². The van der Waals surface area contributed by atoms with Crippen molar-refractivity contribution in [1.29, 1.82) is 0 Å². The summed E-state index contributed by atoms with van der Waals surface area (Å²) in [5.74, 6) is -0.0266. The summed E-state index contributed by atoms with van der Waals surface area (Å²) in [7, 11) is 0. The van der Waals surface area contributed by atoms with Crippen LogP contribution in [0, 0.1) is 6.92 Å². The van der Waals surface area contributed by atoms with E-state index in [4.69, 9.17) is 16.7 Å². The molecule has 7 nitrogen and oxygen atoms in total. The number of benzene rings is 1. The van der Waals surface area contributed by atoms with Crippen molar-refractivity contribution in [3.8, 4) is 11.3 Å². The van der Waals surface area contributed by atoms with Crippen molar-refractivity contribution < 1.29 is 9.90 Å². The molecule has 0 saturated heterocycles. The quantitative estimate of drug-likeness (QED) is 0.531. The topological polar surface area (TPSA) is 91.6 Å². The fourth-order valence-electron chi connectivity index (χ4n) is 3.14. The molecule has 8 heteroatoms. The van der Waals surface area contributed by atoms with Crippen LogP contribution in [0.3, 0.4) is 0 Å². The van der Waals surface area contributed by atoms with Gasteiger partial charge in [-0.05, 0) is 43.9 Å². The third-order valence-electron chi connectivity index (χ3n) is 4.77. The first-order valence-electron chi connectivity index (χ1n) is 9.37. The van der Waals surface area contributed by atoms with Gasteiger partial charge in [-0.15, -0.1) is 0 Å². The van der Waals surface area contributed by atoms with E-state index in [1.165, 1.54) is 0 Å². The van der Waals surface area contributed by atoms with Crippen molar-refractivity contribution >= 4 is 28.8 Å². The minimum atomic E-state index is -0.0266. The van der Waals surface area contributed by atoms with Crippen LogP contribution >= 0.6 is 11.6 Å². The number of rotatable bonds is 7. The number of aliphatic hydroxyl groups is 1. The molecule has 1 fully saturated rings.